The summed E-state index contributed by atoms with van der Waals surface area (Å²) < 4.78 is 50.0. The van der Waals surface area contributed by atoms with Gasteiger partial charge in [0.1, 0.15) is 5.82 Å². The third kappa shape index (κ3) is 5.58. The summed E-state index contributed by atoms with van der Waals surface area (Å²) in [5.74, 6) is -3.06. The SMILES string of the molecule is O=C(Cc1ccc(F)cn1)N1CCC2(CCc3cc(-c4ccoc4)ccc32)CC1.O=C(O)C(F)(F)F. The van der Waals surface area contributed by atoms with E-state index in [0.717, 1.165) is 44.3 Å². The number of furan rings is 1. The monoisotopic (exact) mass is 504 g/mol. The molecule has 3 aromatic rings. The molecule has 1 saturated heterocycles. The van der Waals surface area contributed by atoms with Crippen molar-refractivity contribution in [1.82, 2.24) is 9.88 Å². The van der Waals surface area contributed by atoms with E-state index >= 15 is 0 Å². The molecule has 1 N–H and O–H groups in total. The first-order chi connectivity index (χ1) is 17.1. The molecular formula is C26H24F4N2O4. The predicted octanol–water partition coefficient (Wildman–Crippen LogP) is 5.16. The number of rotatable bonds is 3. The van der Waals surface area contributed by atoms with Crippen LogP contribution < -0.4 is 0 Å². The highest BCUT2D eigenvalue weighted by molar-refractivity contribution is 5.78. The van der Waals surface area contributed by atoms with Crippen LogP contribution in [0, 0.1) is 5.82 Å². The van der Waals surface area contributed by atoms with Gasteiger partial charge in [-0.2, -0.15) is 13.2 Å². The van der Waals surface area contributed by atoms with Crippen LogP contribution in [0.1, 0.15) is 36.1 Å². The Morgan fingerprint density at radius 3 is 2.36 bits per heavy atom. The molecule has 1 aliphatic heterocycles. The van der Waals surface area contributed by atoms with Gasteiger partial charge in [0.2, 0.25) is 5.91 Å². The van der Waals surface area contributed by atoms with Crippen molar-refractivity contribution in [1.29, 1.82) is 0 Å². The summed E-state index contributed by atoms with van der Waals surface area (Å²) in [6, 6.07) is 11.7. The van der Waals surface area contributed by atoms with E-state index in [2.05, 4.69) is 23.2 Å². The number of amides is 1. The Kier molecular flexibility index (Phi) is 7.14. The van der Waals surface area contributed by atoms with Crippen LogP contribution in [0.2, 0.25) is 0 Å². The van der Waals surface area contributed by atoms with E-state index in [9.17, 15) is 22.4 Å². The number of aryl methyl sites for hydroxylation is 1. The molecule has 0 bridgehead atoms. The van der Waals surface area contributed by atoms with Gasteiger partial charge in [-0.25, -0.2) is 9.18 Å². The minimum Gasteiger partial charge on any atom is -0.475 e. The van der Waals surface area contributed by atoms with Crippen LogP contribution in [-0.2, 0) is 27.8 Å². The number of piperidine rings is 1. The van der Waals surface area contributed by atoms with Gasteiger partial charge >= 0.3 is 12.1 Å². The van der Waals surface area contributed by atoms with Crippen LogP contribution in [0.3, 0.4) is 0 Å². The highest BCUT2D eigenvalue weighted by atomic mass is 19.4. The van der Waals surface area contributed by atoms with E-state index in [-0.39, 0.29) is 23.6 Å². The van der Waals surface area contributed by atoms with Crippen molar-refractivity contribution in [2.75, 3.05) is 13.1 Å². The zero-order valence-corrected chi connectivity index (χ0v) is 19.2. The molecule has 0 atom stereocenters. The maximum absolute atomic E-state index is 13.0. The molecular weight excluding hydrogens is 480 g/mol. The molecule has 0 unspecified atom stereocenters. The van der Waals surface area contributed by atoms with Crippen molar-refractivity contribution >= 4 is 11.9 Å². The van der Waals surface area contributed by atoms with Crippen LogP contribution >= 0.6 is 0 Å². The van der Waals surface area contributed by atoms with Crippen LogP contribution in [0.4, 0.5) is 17.6 Å². The largest absolute Gasteiger partial charge is 0.490 e. The number of fused-ring (bicyclic) bond motifs is 2. The van der Waals surface area contributed by atoms with E-state index < -0.39 is 12.1 Å². The number of aliphatic carboxylic acids is 1. The molecule has 10 heteroatoms. The zero-order chi connectivity index (χ0) is 25.9. The summed E-state index contributed by atoms with van der Waals surface area (Å²) in [5, 5.41) is 7.12. The summed E-state index contributed by atoms with van der Waals surface area (Å²) in [4.78, 5) is 27.5. The topological polar surface area (TPSA) is 83.6 Å². The number of carbonyl (C=O) groups excluding carboxylic acids is 1. The second kappa shape index (κ2) is 10.1. The van der Waals surface area contributed by atoms with Gasteiger partial charge in [0.25, 0.3) is 0 Å². The Morgan fingerprint density at radius 2 is 1.78 bits per heavy atom. The molecule has 0 saturated carbocycles. The lowest BCUT2D eigenvalue weighted by Crippen LogP contribution is -2.45. The Bertz CT molecular complexity index is 1220. The maximum Gasteiger partial charge on any atom is 0.490 e. The fourth-order valence-electron chi connectivity index (χ4n) is 4.92. The number of likely N-dealkylation sites (tertiary alicyclic amines) is 1. The average molecular weight is 504 g/mol. The van der Waals surface area contributed by atoms with Gasteiger partial charge in [0.05, 0.1) is 25.1 Å². The predicted molar refractivity (Wildman–Crippen MR) is 122 cm³/mol. The molecule has 36 heavy (non-hydrogen) atoms. The van der Waals surface area contributed by atoms with E-state index in [4.69, 9.17) is 14.3 Å². The van der Waals surface area contributed by atoms with Crippen molar-refractivity contribution in [2.45, 2.75) is 43.7 Å². The number of halogens is 4. The second-order valence-electron chi connectivity index (χ2n) is 8.99. The minimum atomic E-state index is -5.08. The second-order valence-corrected chi connectivity index (χ2v) is 8.99. The van der Waals surface area contributed by atoms with Crippen LogP contribution in [-0.4, -0.2) is 46.1 Å². The number of carbonyl (C=O) groups is 2. The quantitative estimate of drug-likeness (QED) is 0.498. The van der Waals surface area contributed by atoms with Crippen LogP contribution in [0.5, 0.6) is 0 Å². The van der Waals surface area contributed by atoms with Gasteiger partial charge in [0.15, 0.2) is 0 Å². The molecule has 1 aromatic carbocycles. The highest BCUT2D eigenvalue weighted by Crippen LogP contribution is 2.47. The summed E-state index contributed by atoms with van der Waals surface area (Å²) in [6.45, 7) is 1.53. The number of benzene rings is 1. The van der Waals surface area contributed by atoms with Gasteiger partial charge < -0.3 is 14.4 Å². The normalized spacial score (nSPS) is 16.3. The lowest BCUT2D eigenvalue weighted by Gasteiger charge is -2.40. The minimum absolute atomic E-state index is 0.0764. The number of hydrogen-bond acceptors (Lipinski definition) is 4. The van der Waals surface area contributed by atoms with E-state index in [1.807, 2.05) is 11.0 Å². The Hall–Kier alpha value is -3.69. The molecule has 0 radical (unpaired) electrons. The molecule has 1 spiro atoms. The van der Waals surface area contributed by atoms with Gasteiger partial charge in [-0.15, -0.1) is 0 Å². The molecule has 1 amide bonds. The number of pyridine rings is 1. The number of aromatic nitrogens is 1. The number of carboxylic acid groups (broad SMARTS) is 1. The van der Waals surface area contributed by atoms with Gasteiger partial charge in [-0.05, 0) is 66.0 Å². The Morgan fingerprint density at radius 1 is 1.06 bits per heavy atom. The summed E-state index contributed by atoms with van der Waals surface area (Å²) in [7, 11) is 0. The highest BCUT2D eigenvalue weighted by Gasteiger charge is 2.42. The maximum atomic E-state index is 13.0. The molecule has 3 heterocycles. The average Bonchev–Trinajstić information content (AvgIpc) is 3.50. The van der Waals surface area contributed by atoms with Gasteiger partial charge in [-0.1, -0.05) is 18.2 Å². The first kappa shape index (κ1) is 25.4. The summed E-state index contributed by atoms with van der Waals surface area (Å²) in [5.41, 5.74) is 6.01. The summed E-state index contributed by atoms with van der Waals surface area (Å²) in [6.07, 6.45) is 4.04. The lowest BCUT2D eigenvalue weighted by atomic mass is 9.73. The first-order valence-electron chi connectivity index (χ1n) is 11.4. The summed E-state index contributed by atoms with van der Waals surface area (Å²) >= 11 is 0. The fourth-order valence-corrected chi connectivity index (χ4v) is 4.92. The smallest absolute Gasteiger partial charge is 0.475 e. The number of hydrogen-bond donors (Lipinski definition) is 1. The molecule has 1 fully saturated rings. The Balaban J connectivity index is 0.000000384. The van der Waals surface area contributed by atoms with E-state index in [0.29, 0.717) is 5.69 Å². The van der Waals surface area contributed by atoms with Crippen molar-refractivity contribution in [3.8, 4) is 11.1 Å². The number of nitrogens with zero attached hydrogens (tertiary/aromatic N) is 2. The molecule has 6 nitrogen and oxygen atoms in total. The lowest BCUT2D eigenvalue weighted by molar-refractivity contribution is -0.192. The molecule has 1 aliphatic carbocycles. The van der Waals surface area contributed by atoms with Crippen molar-refractivity contribution in [3.05, 3.63) is 77.8 Å². The zero-order valence-electron chi connectivity index (χ0n) is 19.2. The molecule has 5 rings (SSSR count). The van der Waals surface area contributed by atoms with Crippen molar-refractivity contribution in [2.24, 2.45) is 0 Å². The number of carboxylic acids is 1. The first-order valence-corrected chi connectivity index (χ1v) is 11.4. The standard InChI is InChI=1S/C24H23FN2O2.C2HF3O2/c25-20-2-3-21(26-15-20)14-23(28)27-10-8-24(9-11-27)7-5-18-13-17(1-4-22(18)24)19-6-12-29-16-19;3-2(4,5)1(6)7/h1-4,6,12-13,15-16H,5,7-11,14H2;(H,6,7). The van der Waals surface area contributed by atoms with Crippen molar-refractivity contribution in [3.63, 3.8) is 0 Å². The van der Waals surface area contributed by atoms with Crippen molar-refractivity contribution < 1.29 is 36.7 Å². The molecule has 2 aliphatic rings. The van der Waals surface area contributed by atoms with Gasteiger partial charge in [-0.3, -0.25) is 9.78 Å². The van der Waals surface area contributed by atoms with E-state index in [1.54, 1.807) is 18.6 Å². The van der Waals surface area contributed by atoms with Gasteiger partial charge in [0, 0.05) is 24.3 Å². The third-order valence-electron chi connectivity index (χ3n) is 6.84. The van der Waals surface area contributed by atoms with E-state index in [1.165, 1.54) is 29.0 Å². The third-order valence-corrected chi connectivity index (χ3v) is 6.84. The van der Waals surface area contributed by atoms with Crippen LogP contribution in [0.25, 0.3) is 11.1 Å². The molecule has 190 valence electrons. The number of alkyl halides is 3. The molecule has 2 aromatic heterocycles. The Labute approximate surface area is 204 Å². The fraction of sp³-hybridized carbons (Fsp3) is 0.346. The van der Waals surface area contributed by atoms with Crippen LogP contribution in [0.15, 0.2) is 59.5 Å².